The van der Waals surface area contributed by atoms with Gasteiger partial charge in [-0.25, -0.2) is 0 Å². The van der Waals surface area contributed by atoms with Crippen LogP contribution in [0.15, 0.2) is 0 Å². The predicted octanol–water partition coefficient (Wildman–Crippen LogP) is 2.04. The molecule has 1 heterocycles. The Labute approximate surface area is 68.9 Å². The molecule has 0 N–H and O–H groups in total. The van der Waals surface area contributed by atoms with Gasteiger partial charge in [0.05, 0.1) is 6.61 Å². The third kappa shape index (κ3) is 1.57. The van der Waals surface area contributed by atoms with E-state index in [9.17, 15) is 0 Å². The van der Waals surface area contributed by atoms with Gasteiger partial charge in [-0.2, -0.15) is 0 Å². The predicted molar refractivity (Wildman–Crippen MR) is 44.3 cm³/mol. The van der Waals surface area contributed by atoms with Crippen LogP contribution in [0, 0.1) is 11.8 Å². The van der Waals surface area contributed by atoms with Crippen LogP contribution in [0.1, 0.15) is 27.7 Å². The molecule has 1 aliphatic heterocycles. The molecule has 0 aromatic carbocycles. The fourth-order valence-electron chi connectivity index (χ4n) is 1.55. The third-order valence-corrected chi connectivity index (χ3v) is 2.74. The molecule has 0 amide bonds. The third-order valence-electron chi connectivity index (χ3n) is 2.74. The van der Waals surface area contributed by atoms with Gasteiger partial charge in [0, 0.05) is 12.5 Å². The zero-order chi connectivity index (χ0) is 8.48. The van der Waals surface area contributed by atoms with Crippen LogP contribution in [0.25, 0.3) is 0 Å². The molecular formula is C9H18O2. The lowest BCUT2D eigenvalue weighted by molar-refractivity contribution is -0.213. The molecule has 3 atom stereocenters. The highest BCUT2D eigenvalue weighted by atomic mass is 16.7. The van der Waals surface area contributed by atoms with Gasteiger partial charge in [0.1, 0.15) is 0 Å². The van der Waals surface area contributed by atoms with Crippen molar-refractivity contribution in [3.05, 3.63) is 0 Å². The molecule has 1 saturated heterocycles. The Bertz CT molecular complexity index is 132. The summed E-state index contributed by atoms with van der Waals surface area (Å²) in [6, 6.07) is 0. The van der Waals surface area contributed by atoms with Gasteiger partial charge in [0.2, 0.25) is 0 Å². The molecule has 1 fully saturated rings. The van der Waals surface area contributed by atoms with Gasteiger partial charge in [0.25, 0.3) is 0 Å². The summed E-state index contributed by atoms with van der Waals surface area (Å²) >= 11 is 0. The summed E-state index contributed by atoms with van der Waals surface area (Å²) in [5, 5.41) is 0. The normalized spacial score (nSPS) is 44.7. The zero-order valence-electron chi connectivity index (χ0n) is 7.89. The summed E-state index contributed by atoms with van der Waals surface area (Å²) in [6.07, 6.45) is 0. The van der Waals surface area contributed by atoms with Crippen LogP contribution < -0.4 is 0 Å². The molecule has 1 unspecified atom stereocenters. The van der Waals surface area contributed by atoms with Crippen molar-refractivity contribution in [1.29, 1.82) is 0 Å². The van der Waals surface area contributed by atoms with Crippen molar-refractivity contribution in [1.82, 2.24) is 0 Å². The van der Waals surface area contributed by atoms with E-state index in [0.29, 0.717) is 11.8 Å². The molecular weight excluding hydrogens is 140 g/mol. The van der Waals surface area contributed by atoms with Gasteiger partial charge in [0.15, 0.2) is 5.79 Å². The molecule has 0 aromatic rings. The van der Waals surface area contributed by atoms with E-state index in [1.165, 1.54) is 0 Å². The van der Waals surface area contributed by atoms with E-state index in [1.54, 1.807) is 0 Å². The van der Waals surface area contributed by atoms with Crippen molar-refractivity contribution in [3.8, 4) is 0 Å². The second-order valence-electron chi connectivity index (χ2n) is 3.53. The van der Waals surface area contributed by atoms with Gasteiger partial charge >= 0.3 is 0 Å². The Kier molecular flexibility index (Phi) is 2.55. The summed E-state index contributed by atoms with van der Waals surface area (Å²) in [7, 11) is 0. The van der Waals surface area contributed by atoms with Crippen molar-refractivity contribution >= 4 is 0 Å². The maximum atomic E-state index is 5.58. The molecule has 1 aliphatic rings. The number of hydrogen-bond acceptors (Lipinski definition) is 2. The highest BCUT2D eigenvalue weighted by Gasteiger charge is 2.42. The first-order valence-electron chi connectivity index (χ1n) is 4.38. The minimum absolute atomic E-state index is 0.325. The molecule has 2 heteroatoms. The Balaban J connectivity index is 2.57. The summed E-state index contributed by atoms with van der Waals surface area (Å²) in [6.45, 7) is 9.99. The Morgan fingerprint density at radius 3 is 2.55 bits per heavy atom. The summed E-state index contributed by atoms with van der Waals surface area (Å²) in [5.74, 6) is 0.794. The van der Waals surface area contributed by atoms with Crippen molar-refractivity contribution in [2.24, 2.45) is 11.8 Å². The van der Waals surface area contributed by atoms with Gasteiger partial charge in [-0.3, -0.25) is 0 Å². The van der Waals surface area contributed by atoms with Crippen LogP contribution in [0.3, 0.4) is 0 Å². The van der Waals surface area contributed by atoms with Crippen molar-refractivity contribution in [3.63, 3.8) is 0 Å². The molecule has 0 aromatic heterocycles. The van der Waals surface area contributed by atoms with Crippen molar-refractivity contribution < 1.29 is 9.47 Å². The van der Waals surface area contributed by atoms with Crippen LogP contribution >= 0.6 is 0 Å². The van der Waals surface area contributed by atoms with E-state index in [4.69, 9.17) is 9.47 Å². The van der Waals surface area contributed by atoms with Gasteiger partial charge < -0.3 is 9.47 Å². The summed E-state index contributed by atoms with van der Waals surface area (Å²) in [4.78, 5) is 0. The number of rotatable bonds is 2. The van der Waals surface area contributed by atoms with Crippen molar-refractivity contribution in [2.45, 2.75) is 33.5 Å². The lowest BCUT2D eigenvalue weighted by Gasteiger charge is -2.28. The molecule has 0 radical (unpaired) electrons. The average Bonchev–Trinajstić information content (AvgIpc) is 2.19. The standard InChI is InChI=1S/C9H18O2/c1-5-10-9(4)8(3)7(2)6-11-9/h7-8H,5-6H2,1-4H3/t7-,8?,9+/m0/s1. The lowest BCUT2D eigenvalue weighted by Crippen LogP contribution is -2.34. The van der Waals surface area contributed by atoms with Crippen LogP contribution in [0.2, 0.25) is 0 Å². The van der Waals surface area contributed by atoms with E-state index < -0.39 is 0 Å². The topological polar surface area (TPSA) is 18.5 Å². The van der Waals surface area contributed by atoms with Gasteiger partial charge in [-0.15, -0.1) is 0 Å². The SMILES string of the molecule is CCO[C@]1(C)OC[C@H](C)C1C. The van der Waals surface area contributed by atoms with Gasteiger partial charge in [-0.05, 0) is 19.8 Å². The van der Waals surface area contributed by atoms with Crippen LogP contribution in [0.5, 0.6) is 0 Å². The minimum atomic E-state index is -0.325. The fraction of sp³-hybridized carbons (Fsp3) is 1.00. The first-order valence-corrected chi connectivity index (χ1v) is 4.38. The fourth-order valence-corrected chi connectivity index (χ4v) is 1.55. The maximum absolute atomic E-state index is 5.58. The Hall–Kier alpha value is -0.0800. The molecule has 1 rings (SSSR count). The quantitative estimate of drug-likeness (QED) is 0.612. The first kappa shape index (κ1) is 9.01. The highest BCUT2D eigenvalue weighted by Crippen LogP contribution is 2.36. The van der Waals surface area contributed by atoms with E-state index in [1.807, 2.05) is 13.8 Å². The molecule has 66 valence electrons. The van der Waals surface area contributed by atoms with E-state index in [0.717, 1.165) is 13.2 Å². The maximum Gasteiger partial charge on any atom is 0.168 e. The van der Waals surface area contributed by atoms with E-state index in [-0.39, 0.29) is 5.79 Å². The molecule has 0 spiro atoms. The largest absolute Gasteiger partial charge is 0.350 e. The second kappa shape index (κ2) is 3.11. The molecule has 0 aliphatic carbocycles. The monoisotopic (exact) mass is 158 g/mol. The van der Waals surface area contributed by atoms with Crippen LogP contribution in [-0.2, 0) is 9.47 Å². The van der Waals surface area contributed by atoms with E-state index >= 15 is 0 Å². The number of ether oxygens (including phenoxy) is 2. The molecule has 0 bridgehead atoms. The highest BCUT2D eigenvalue weighted by molar-refractivity contribution is 4.82. The Morgan fingerprint density at radius 1 is 1.55 bits per heavy atom. The molecule has 0 saturated carbocycles. The minimum Gasteiger partial charge on any atom is -0.350 e. The first-order chi connectivity index (χ1) is 5.10. The van der Waals surface area contributed by atoms with Crippen LogP contribution in [-0.4, -0.2) is 19.0 Å². The average molecular weight is 158 g/mol. The second-order valence-corrected chi connectivity index (χ2v) is 3.53. The zero-order valence-corrected chi connectivity index (χ0v) is 7.89. The summed E-state index contributed by atoms with van der Waals surface area (Å²) in [5.41, 5.74) is 0. The summed E-state index contributed by atoms with van der Waals surface area (Å²) < 4.78 is 11.1. The molecule has 2 nitrogen and oxygen atoms in total. The molecule has 11 heavy (non-hydrogen) atoms. The number of hydrogen-bond donors (Lipinski definition) is 0. The smallest absolute Gasteiger partial charge is 0.168 e. The van der Waals surface area contributed by atoms with E-state index in [2.05, 4.69) is 13.8 Å². The van der Waals surface area contributed by atoms with Crippen molar-refractivity contribution in [2.75, 3.05) is 13.2 Å². The Morgan fingerprint density at radius 2 is 2.18 bits per heavy atom. The van der Waals surface area contributed by atoms with Gasteiger partial charge in [-0.1, -0.05) is 13.8 Å². The lowest BCUT2D eigenvalue weighted by atomic mass is 9.93. The van der Waals surface area contributed by atoms with Crippen LogP contribution in [0.4, 0.5) is 0 Å².